The highest BCUT2D eigenvalue weighted by Crippen LogP contribution is 2.33. The number of halogens is 3. The Balaban J connectivity index is 1.59. The molecule has 0 spiro atoms. The smallest absolute Gasteiger partial charge is 0.422 e. The molecule has 7 nitrogen and oxygen atoms in total. The summed E-state index contributed by atoms with van der Waals surface area (Å²) in [5.41, 5.74) is 0.665. The lowest BCUT2D eigenvalue weighted by Crippen LogP contribution is -2.33. The second-order valence-corrected chi connectivity index (χ2v) is 10.2. The lowest BCUT2D eigenvalue weighted by molar-refractivity contribution is -0.153. The highest BCUT2D eigenvalue weighted by Gasteiger charge is 2.32. The first-order valence-corrected chi connectivity index (χ1v) is 12.5. The van der Waals surface area contributed by atoms with Crippen LogP contribution >= 0.6 is 0 Å². The fourth-order valence-corrected chi connectivity index (χ4v) is 5.57. The normalized spacial score (nSPS) is 19.1. The third-order valence-corrected chi connectivity index (χ3v) is 7.64. The van der Waals surface area contributed by atoms with Gasteiger partial charge in [-0.1, -0.05) is 31.0 Å². The number of hydrogen-bond acceptors (Lipinski definition) is 5. The molecular formula is C23H25F3N2O5S. The highest BCUT2D eigenvalue weighted by molar-refractivity contribution is 7.89. The zero-order chi connectivity index (χ0) is 24.3. The van der Waals surface area contributed by atoms with Crippen LogP contribution in [0.2, 0.25) is 0 Å². The molecular weight excluding hydrogens is 473 g/mol. The summed E-state index contributed by atoms with van der Waals surface area (Å²) in [5.74, 6) is -0.345. The van der Waals surface area contributed by atoms with Crippen LogP contribution in [0, 0.1) is 0 Å². The number of para-hydroxylation sites is 1. The van der Waals surface area contributed by atoms with E-state index >= 15 is 0 Å². The molecule has 0 saturated carbocycles. The van der Waals surface area contributed by atoms with Gasteiger partial charge in [-0.15, -0.1) is 0 Å². The topological polar surface area (TPSA) is 84.9 Å². The predicted octanol–water partition coefficient (Wildman–Crippen LogP) is 4.13. The minimum atomic E-state index is -4.60. The highest BCUT2D eigenvalue weighted by atomic mass is 32.2. The van der Waals surface area contributed by atoms with Crippen molar-refractivity contribution in [2.24, 2.45) is 0 Å². The average Bonchev–Trinajstić information content (AvgIpc) is 3.03. The van der Waals surface area contributed by atoms with Crippen molar-refractivity contribution >= 4 is 21.6 Å². The number of carbonyl (C=O) groups is 1. The summed E-state index contributed by atoms with van der Waals surface area (Å²) >= 11 is 0. The van der Waals surface area contributed by atoms with Gasteiger partial charge < -0.3 is 14.8 Å². The molecule has 34 heavy (non-hydrogen) atoms. The van der Waals surface area contributed by atoms with Crippen LogP contribution in [0.15, 0.2) is 47.4 Å². The third kappa shape index (κ3) is 5.64. The van der Waals surface area contributed by atoms with Gasteiger partial charge >= 0.3 is 6.18 Å². The second kappa shape index (κ2) is 9.83. The Morgan fingerprint density at radius 3 is 2.47 bits per heavy atom. The molecule has 1 saturated heterocycles. The van der Waals surface area contributed by atoms with Crippen LogP contribution in [0.25, 0.3) is 0 Å². The van der Waals surface area contributed by atoms with Crippen LogP contribution in [-0.2, 0) is 21.2 Å². The molecule has 2 heterocycles. The van der Waals surface area contributed by atoms with E-state index in [1.165, 1.54) is 10.4 Å². The summed E-state index contributed by atoms with van der Waals surface area (Å²) in [6.07, 6.45) is -1.90. The monoisotopic (exact) mass is 498 g/mol. The van der Waals surface area contributed by atoms with E-state index in [2.05, 4.69) is 5.32 Å². The predicted molar refractivity (Wildman–Crippen MR) is 118 cm³/mol. The van der Waals surface area contributed by atoms with E-state index in [4.69, 9.17) is 9.47 Å². The maximum atomic E-state index is 13.2. The van der Waals surface area contributed by atoms with Gasteiger partial charge in [0.2, 0.25) is 10.0 Å². The van der Waals surface area contributed by atoms with Crippen molar-refractivity contribution in [1.82, 2.24) is 4.31 Å². The molecule has 0 aliphatic carbocycles. The minimum Gasteiger partial charge on any atom is -0.482 e. The lowest BCUT2D eigenvalue weighted by Gasteiger charge is -2.21. The molecule has 11 heteroatoms. The zero-order valence-electron chi connectivity index (χ0n) is 18.3. The van der Waals surface area contributed by atoms with E-state index in [1.807, 2.05) is 12.1 Å². The largest absolute Gasteiger partial charge is 0.482 e. The summed E-state index contributed by atoms with van der Waals surface area (Å²) < 4.78 is 76.5. The van der Waals surface area contributed by atoms with Crippen molar-refractivity contribution in [2.45, 2.75) is 49.3 Å². The molecule has 184 valence electrons. The molecule has 0 radical (unpaired) electrons. The Morgan fingerprint density at radius 2 is 1.79 bits per heavy atom. The number of sulfonamides is 1. The van der Waals surface area contributed by atoms with Crippen molar-refractivity contribution in [3.63, 3.8) is 0 Å². The fourth-order valence-electron chi connectivity index (χ4n) is 4.03. The molecule has 0 bridgehead atoms. The number of benzene rings is 2. The number of ether oxygens (including phenoxy) is 2. The van der Waals surface area contributed by atoms with Gasteiger partial charge in [0, 0.05) is 19.5 Å². The van der Waals surface area contributed by atoms with Crippen molar-refractivity contribution < 1.29 is 35.9 Å². The molecule has 1 N–H and O–H groups in total. The van der Waals surface area contributed by atoms with E-state index in [1.54, 1.807) is 12.1 Å². The van der Waals surface area contributed by atoms with Gasteiger partial charge in [-0.3, -0.25) is 4.79 Å². The maximum absolute atomic E-state index is 13.2. The standard InChI is InChI=1S/C23H25F3N2O5S/c24-23(25,26)15-32-20-10-9-17(34(30,31)28-11-5-1-2-6-12-28)14-18(20)27-22(29)21-13-16-7-3-4-8-19(16)33-21/h3-4,7-10,14,21H,1-2,5-6,11-13,15H2,(H,27,29). The summed E-state index contributed by atoms with van der Waals surface area (Å²) in [6, 6.07) is 10.6. The number of amides is 1. The van der Waals surface area contributed by atoms with Crippen LogP contribution in [0.3, 0.4) is 0 Å². The van der Waals surface area contributed by atoms with Gasteiger partial charge in [0.1, 0.15) is 11.5 Å². The molecule has 4 rings (SSSR count). The number of carbonyl (C=O) groups excluding carboxylic acids is 1. The molecule has 2 aliphatic rings. The van der Waals surface area contributed by atoms with Gasteiger partial charge in [0.25, 0.3) is 5.91 Å². The van der Waals surface area contributed by atoms with Crippen LogP contribution in [0.1, 0.15) is 31.2 Å². The van der Waals surface area contributed by atoms with Crippen molar-refractivity contribution in [3.05, 3.63) is 48.0 Å². The minimum absolute atomic E-state index is 0.125. The number of nitrogens with one attached hydrogen (secondary N) is 1. The van der Waals surface area contributed by atoms with E-state index in [0.29, 0.717) is 18.8 Å². The van der Waals surface area contributed by atoms with Crippen LogP contribution in [-0.4, -0.2) is 50.6 Å². The van der Waals surface area contributed by atoms with Crippen LogP contribution in [0.5, 0.6) is 11.5 Å². The van der Waals surface area contributed by atoms with Crippen LogP contribution < -0.4 is 14.8 Å². The van der Waals surface area contributed by atoms with E-state index in [0.717, 1.165) is 43.4 Å². The second-order valence-electron chi connectivity index (χ2n) is 8.29. The van der Waals surface area contributed by atoms with E-state index < -0.39 is 34.8 Å². The SMILES string of the molecule is O=C(Nc1cc(S(=O)(=O)N2CCCCCC2)ccc1OCC(F)(F)F)C1Cc2ccccc2O1. The first-order valence-electron chi connectivity index (χ1n) is 11.0. The number of fused-ring (bicyclic) bond motifs is 1. The molecule has 1 amide bonds. The van der Waals surface area contributed by atoms with Crippen LogP contribution in [0.4, 0.5) is 18.9 Å². The van der Waals surface area contributed by atoms with Gasteiger partial charge in [-0.05, 0) is 42.7 Å². The molecule has 1 unspecified atom stereocenters. The Bertz CT molecular complexity index is 1120. The van der Waals surface area contributed by atoms with Gasteiger partial charge in [0.05, 0.1) is 10.6 Å². The number of nitrogens with zero attached hydrogens (tertiary/aromatic N) is 1. The molecule has 2 aromatic carbocycles. The van der Waals surface area contributed by atoms with E-state index in [9.17, 15) is 26.4 Å². The van der Waals surface area contributed by atoms with Gasteiger partial charge in [-0.25, -0.2) is 8.42 Å². The Hall–Kier alpha value is -2.79. The maximum Gasteiger partial charge on any atom is 0.422 e. The number of rotatable bonds is 6. The summed E-state index contributed by atoms with van der Waals surface area (Å²) in [5, 5.41) is 2.51. The Morgan fingerprint density at radius 1 is 1.09 bits per heavy atom. The van der Waals surface area contributed by atoms with E-state index in [-0.39, 0.29) is 22.8 Å². The molecule has 2 aromatic rings. The van der Waals surface area contributed by atoms with Crippen molar-refractivity contribution in [3.8, 4) is 11.5 Å². The summed E-state index contributed by atoms with van der Waals surface area (Å²) in [6.45, 7) is -0.853. The Labute approximate surface area is 195 Å². The lowest BCUT2D eigenvalue weighted by atomic mass is 10.1. The molecule has 0 aromatic heterocycles. The molecule has 1 atom stereocenters. The third-order valence-electron chi connectivity index (χ3n) is 5.74. The van der Waals surface area contributed by atoms with Gasteiger partial charge in [-0.2, -0.15) is 17.5 Å². The van der Waals surface area contributed by atoms with Gasteiger partial charge in [0.15, 0.2) is 12.7 Å². The summed E-state index contributed by atoms with van der Waals surface area (Å²) in [7, 11) is -3.89. The molecule has 2 aliphatic heterocycles. The molecule has 1 fully saturated rings. The first kappa shape index (κ1) is 24.3. The zero-order valence-corrected chi connectivity index (χ0v) is 19.1. The number of hydrogen-bond donors (Lipinski definition) is 1. The average molecular weight is 499 g/mol. The Kier molecular flexibility index (Phi) is 7.04. The number of alkyl halides is 3. The first-order chi connectivity index (χ1) is 16.1. The quantitative estimate of drug-likeness (QED) is 0.647. The summed E-state index contributed by atoms with van der Waals surface area (Å²) in [4.78, 5) is 12.7. The number of anilines is 1. The van der Waals surface area contributed by atoms with Crippen molar-refractivity contribution in [1.29, 1.82) is 0 Å². The van der Waals surface area contributed by atoms with Crippen molar-refractivity contribution in [2.75, 3.05) is 25.0 Å². The fraction of sp³-hybridized carbons (Fsp3) is 0.435.